The fourth-order valence-corrected chi connectivity index (χ4v) is 1.04. The first kappa shape index (κ1) is 10.1. The molecule has 0 N–H and O–H groups in total. The zero-order valence-electron chi connectivity index (χ0n) is 7.04. The lowest BCUT2D eigenvalue weighted by Gasteiger charge is -2.04. The molecule has 0 bridgehead atoms. The number of rotatable bonds is 2. The topological polar surface area (TPSA) is 60.5 Å². The highest BCUT2D eigenvalue weighted by atomic mass is 19.3. The second kappa shape index (κ2) is 4.29. The van der Waals surface area contributed by atoms with Crippen LogP contribution in [0.4, 0.5) is 8.78 Å². The maximum Gasteiger partial charge on any atom is 0.266 e. The Bertz CT molecular complexity index is 415. The molecule has 0 aliphatic carbocycles. The van der Waals surface area contributed by atoms with Gasteiger partial charge in [0, 0.05) is 18.0 Å². The van der Waals surface area contributed by atoms with Gasteiger partial charge in [0.25, 0.3) is 6.43 Å². The third kappa shape index (κ3) is 1.83. The molecular weight excluding hydrogens is 188 g/mol. The molecule has 0 aliphatic heterocycles. The number of hydrogen-bond donors (Lipinski definition) is 0. The summed E-state index contributed by atoms with van der Waals surface area (Å²) in [5.41, 5.74) is -0.315. The van der Waals surface area contributed by atoms with Gasteiger partial charge in [0.15, 0.2) is 0 Å². The van der Waals surface area contributed by atoms with Gasteiger partial charge in [-0.3, -0.25) is 4.98 Å². The van der Waals surface area contributed by atoms with Gasteiger partial charge < -0.3 is 0 Å². The van der Waals surface area contributed by atoms with Crippen molar-refractivity contribution in [3.8, 4) is 12.1 Å². The fraction of sp³-hybridized carbons (Fsp3) is 0.222. The normalized spacial score (nSPS) is 9.50. The van der Waals surface area contributed by atoms with E-state index in [9.17, 15) is 8.78 Å². The highest BCUT2D eigenvalue weighted by Gasteiger charge is 2.16. The van der Waals surface area contributed by atoms with Crippen LogP contribution in [-0.4, -0.2) is 4.98 Å². The minimum Gasteiger partial charge on any atom is -0.264 e. The zero-order valence-corrected chi connectivity index (χ0v) is 7.04. The van der Waals surface area contributed by atoms with Crippen molar-refractivity contribution in [1.82, 2.24) is 4.98 Å². The molecule has 3 nitrogen and oxygen atoms in total. The van der Waals surface area contributed by atoms with Gasteiger partial charge >= 0.3 is 0 Å². The lowest BCUT2D eigenvalue weighted by molar-refractivity contribution is 0.150. The number of halogens is 2. The number of aromatic nitrogens is 1. The van der Waals surface area contributed by atoms with Crippen molar-refractivity contribution in [3.05, 3.63) is 29.1 Å². The number of nitrogens with zero attached hydrogens (tertiary/aromatic N) is 3. The van der Waals surface area contributed by atoms with Gasteiger partial charge in [-0.2, -0.15) is 10.5 Å². The van der Waals surface area contributed by atoms with Crippen molar-refractivity contribution in [2.24, 2.45) is 0 Å². The summed E-state index contributed by atoms with van der Waals surface area (Å²) < 4.78 is 24.7. The largest absolute Gasteiger partial charge is 0.266 e. The Balaban J connectivity index is 3.28. The van der Waals surface area contributed by atoms with Crippen molar-refractivity contribution in [1.29, 1.82) is 10.5 Å². The highest BCUT2D eigenvalue weighted by Crippen LogP contribution is 2.23. The second-order valence-electron chi connectivity index (χ2n) is 2.51. The molecule has 0 saturated carbocycles. The maximum atomic E-state index is 12.4. The van der Waals surface area contributed by atoms with Crippen LogP contribution in [0, 0.1) is 22.7 Å². The summed E-state index contributed by atoms with van der Waals surface area (Å²) in [5.74, 6) is 0. The lowest BCUT2D eigenvalue weighted by Crippen LogP contribution is -1.98. The number of pyridine rings is 1. The van der Waals surface area contributed by atoms with Crippen LogP contribution >= 0.6 is 0 Å². The molecule has 0 aromatic carbocycles. The van der Waals surface area contributed by atoms with Crippen LogP contribution in [-0.2, 0) is 6.42 Å². The summed E-state index contributed by atoms with van der Waals surface area (Å²) >= 11 is 0. The second-order valence-corrected chi connectivity index (χ2v) is 2.51. The monoisotopic (exact) mass is 193 g/mol. The van der Waals surface area contributed by atoms with Gasteiger partial charge in [-0.15, -0.1) is 0 Å². The molecule has 0 fully saturated rings. The van der Waals surface area contributed by atoms with Gasteiger partial charge in [0.2, 0.25) is 0 Å². The molecule has 0 unspecified atom stereocenters. The summed E-state index contributed by atoms with van der Waals surface area (Å²) in [6.45, 7) is 0. The van der Waals surface area contributed by atoms with Gasteiger partial charge in [-0.25, -0.2) is 8.78 Å². The predicted molar refractivity (Wildman–Crippen MR) is 43.2 cm³/mol. The standard InChI is InChI=1S/C9H5F2N3/c10-9(11)8-5-14-4-6(1-2-12)7(8)3-13/h4-5,9H,1H2. The first-order chi connectivity index (χ1) is 6.70. The van der Waals surface area contributed by atoms with Crippen LogP contribution in [0.5, 0.6) is 0 Å². The van der Waals surface area contributed by atoms with E-state index >= 15 is 0 Å². The van der Waals surface area contributed by atoms with Crippen molar-refractivity contribution >= 4 is 0 Å². The quantitative estimate of drug-likeness (QED) is 0.721. The third-order valence-electron chi connectivity index (χ3n) is 1.67. The summed E-state index contributed by atoms with van der Waals surface area (Å²) in [7, 11) is 0. The molecule has 0 spiro atoms. The van der Waals surface area contributed by atoms with E-state index in [-0.39, 0.29) is 17.5 Å². The first-order valence-electron chi connectivity index (χ1n) is 3.72. The molecule has 0 amide bonds. The molecule has 5 heteroatoms. The Labute approximate surface area is 79.2 Å². The van der Waals surface area contributed by atoms with Crippen LogP contribution < -0.4 is 0 Å². The molecule has 0 aliphatic rings. The average molecular weight is 193 g/mol. The van der Waals surface area contributed by atoms with Crippen molar-refractivity contribution in [2.75, 3.05) is 0 Å². The molecule has 1 rings (SSSR count). The van der Waals surface area contributed by atoms with Gasteiger partial charge in [0.1, 0.15) is 6.07 Å². The molecular formula is C9H5F2N3. The van der Waals surface area contributed by atoms with Crippen LogP contribution in [0.3, 0.4) is 0 Å². The van der Waals surface area contributed by atoms with E-state index in [0.29, 0.717) is 0 Å². The van der Waals surface area contributed by atoms with Crippen molar-refractivity contribution < 1.29 is 8.78 Å². The molecule has 0 radical (unpaired) electrons. The lowest BCUT2D eigenvalue weighted by atomic mass is 10.0. The minimum absolute atomic E-state index is 0.0869. The minimum atomic E-state index is -2.74. The molecule has 70 valence electrons. The van der Waals surface area contributed by atoms with Crippen molar-refractivity contribution in [3.63, 3.8) is 0 Å². The molecule has 1 aromatic heterocycles. The van der Waals surface area contributed by atoms with Gasteiger partial charge in [-0.1, -0.05) is 0 Å². The van der Waals surface area contributed by atoms with E-state index in [4.69, 9.17) is 10.5 Å². The molecule has 14 heavy (non-hydrogen) atoms. The van der Waals surface area contributed by atoms with Gasteiger partial charge in [0.05, 0.1) is 23.6 Å². The third-order valence-corrected chi connectivity index (χ3v) is 1.67. The fourth-order valence-electron chi connectivity index (χ4n) is 1.04. The maximum absolute atomic E-state index is 12.4. The van der Waals surface area contributed by atoms with E-state index in [0.717, 1.165) is 6.20 Å². The summed E-state index contributed by atoms with van der Waals surface area (Å²) in [6.07, 6.45) is -0.621. The first-order valence-corrected chi connectivity index (χ1v) is 3.72. The van der Waals surface area contributed by atoms with Crippen molar-refractivity contribution in [2.45, 2.75) is 12.8 Å². The number of alkyl halides is 2. The Morgan fingerprint density at radius 3 is 2.57 bits per heavy atom. The molecule has 1 aromatic rings. The van der Waals surface area contributed by atoms with E-state index in [2.05, 4.69) is 4.98 Å². The average Bonchev–Trinajstić information content (AvgIpc) is 2.18. The van der Waals surface area contributed by atoms with E-state index in [1.54, 1.807) is 12.1 Å². The van der Waals surface area contributed by atoms with Gasteiger partial charge in [-0.05, 0) is 0 Å². The summed E-state index contributed by atoms with van der Waals surface area (Å²) in [6, 6.07) is 3.45. The smallest absolute Gasteiger partial charge is 0.264 e. The molecule has 0 saturated heterocycles. The Kier molecular flexibility index (Phi) is 3.09. The Morgan fingerprint density at radius 1 is 1.36 bits per heavy atom. The SMILES string of the molecule is N#CCc1cncc(C(F)F)c1C#N. The van der Waals surface area contributed by atoms with Crippen LogP contribution in [0.1, 0.15) is 23.1 Å². The van der Waals surface area contributed by atoms with E-state index < -0.39 is 12.0 Å². The van der Waals surface area contributed by atoms with Crippen LogP contribution in [0.25, 0.3) is 0 Å². The number of nitriles is 2. The Morgan fingerprint density at radius 2 is 2.07 bits per heavy atom. The summed E-state index contributed by atoms with van der Waals surface area (Å²) in [5, 5.41) is 17.0. The van der Waals surface area contributed by atoms with Crippen LogP contribution in [0.15, 0.2) is 12.4 Å². The summed E-state index contributed by atoms with van der Waals surface area (Å²) in [4.78, 5) is 3.55. The predicted octanol–water partition coefficient (Wildman–Crippen LogP) is 1.96. The van der Waals surface area contributed by atoms with E-state index in [1.807, 2.05) is 0 Å². The molecule has 0 atom stereocenters. The molecule has 1 heterocycles. The van der Waals surface area contributed by atoms with Crippen LogP contribution in [0.2, 0.25) is 0 Å². The van der Waals surface area contributed by atoms with E-state index in [1.165, 1.54) is 6.20 Å². The zero-order chi connectivity index (χ0) is 10.6. The number of hydrogen-bond acceptors (Lipinski definition) is 3. The highest BCUT2D eigenvalue weighted by molar-refractivity contribution is 5.43. The Hall–Kier alpha value is -2.01.